The first kappa shape index (κ1) is 15.2. The molecule has 0 saturated carbocycles. The van der Waals surface area contributed by atoms with Crippen LogP contribution >= 0.6 is 0 Å². The summed E-state index contributed by atoms with van der Waals surface area (Å²) in [4.78, 5) is 14.8. The summed E-state index contributed by atoms with van der Waals surface area (Å²) in [5, 5.41) is 8.56. The van der Waals surface area contributed by atoms with Gasteiger partial charge < -0.3 is 14.2 Å². The van der Waals surface area contributed by atoms with E-state index in [2.05, 4.69) is 28.6 Å². The molecule has 0 radical (unpaired) electrons. The molecule has 24 heavy (non-hydrogen) atoms. The highest BCUT2D eigenvalue weighted by Gasteiger charge is 2.32. The van der Waals surface area contributed by atoms with Gasteiger partial charge in [0, 0.05) is 19.0 Å². The van der Waals surface area contributed by atoms with E-state index < -0.39 is 0 Å². The van der Waals surface area contributed by atoms with E-state index in [4.69, 9.17) is 4.74 Å². The second-order valence-corrected chi connectivity index (χ2v) is 6.86. The first-order valence-electron chi connectivity index (χ1n) is 8.55. The molecule has 126 valence electrons. The molecule has 1 atom stereocenters. The number of hydrogen-bond acceptors (Lipinski definition) is 4. The van der Waals surface area contributed by atoms with E-state index in [0.29, 0.717) is 25.6 Å². The van der Waals surface area contributed by atoms with Crippen LogP contribution in [-0.4, -0.2) is 38.7 Å². The monoisotopic (exact) mass is 326 g/mol. The van der Waals surface area contributed by atoms with E-state index in [1.807, 2.05) is 29.2 Å². The SMILES string of the molecule is CC(C)c1nnc2n1CCN(C(=O)C1COc3ccccc3C1)C2. The van der Waals surface area contributed by atoms with E-state index in [0.717, 1.165) is 35.9 Å². The zero-order chi connectivity index (χ0) is 16.7. The number of ether oxygens (including phenoxy) is 1. The number of carbonyl (C=O) groups is 1. The van der Waals surface area contributed by atoms with E-state index in [-0.39, 0.29) is 11.8 Å². The quantitative estimate of drug-likeness (QED) is 0.847. The zero-order valence-corrected chi connectivity index (χ0v) is 14.1. The van der Waals surface area contributed by atoms with Crippen molar-refractivity contribution in [1.82, 2.24) is 19.7 Å². The van der Waals surface area contributed by atoms with Crippen LogP contribution in [-0.2, 0) is 24.3 Å². The molecule has 1 aromatic heterocycles. The summed E-state index contributed by atoms with van der Waals surface area (Å²) >= 11 is 0. The Hall–Kier alpha value is -2.37. The Morgan fingerprint density at radius 2 is 2.08 bits per heavy atom. The number of hydrogen-bond donors (Lipinski definition) is 0. The molecule has 2 aliphatic rings. The molecule has 0 spiro atoms. The fourth-order valence-corrected chi connectivity index (χ4v) is 3.54. The van der Waals surface area contributed by atoms with Crippen molar-refractivity contribution in [2.24, 2.45) is 5.92 Å². The molecule has 6 nitrogen and oxygen atoms in total. The lowest BCUT2D eigenvalue weighted by atomic mass is 9.95. The molecule has 0 N–H and O–H groups in total. The van der Waals surface area contributed by atoms with Crippen molar-refractivity contribution in [3.8, 4) is 5.75 Å². The number of benzene rings is 1. The van der Waals surface area contributed by atoms with Gasteiger partial charge in [0.05, 0.1) is 12.5 Å². The predicted octanol–water partition coefficient (Wildman–Crippen LogP) is 2.00. The summed E-state index contributed by atoms with van der Waals surface area (Å²) in [5.74, 6) is 3.18. The zero-order valence-electron chi connectivity index (χ0n) is 14.1. The number of rotatable bonds is 2. The van der Waals surface area contributed by atoms with Gasteiger partial charge in [0.15, 0.2) is 5.82 Å². The van der Waals surface area contributed by atoms with E-state index in [1.54, 1.807) is 0 Å². The van der Waals surface area contributed by atoms with E-state index in [9.17, 15) is 4.79 Å². The molecule has 1 unspecified atom stereocenters. The van der Waals surface area contributed by atoms with Gasteiger partial charge in [-0.05, 0) is 18.1 Å². The molecule has 0 aliphatic carbocycles. The summed E-state index contributed by atoms with van der Waals surface area (Å²) in [6.07, 6.45) is 0.745. The van der Waals surface area contributed by atoms with Crippen molar-refractivity contribution in [2.75, 3.05) is 13.2 Å². The van der Waals surface area contributed by atoms with Gasteiger partial charge >= 0.3 is 0 Å². The Morgan fingerprint density at radius 1 is 1.25 bits per heavy atom. The van der Waals surface area contributed by atoms with Crippen LogP contribution in [0.2, 0.25) is 0 Å². The summed E-state index contributed by atoms with van der Waals surface area (Å²) < 4.78 is 7.93. The molecule has 0 bridgehead atoms. The summed E-state index contributed by atoms with van der Waals surface area (Å²) in [6.45, 7) is 6.71. The maximum atomic E-state index is 12.9. The van der Waals surface area contributed by atoms with E-state index in [1.165, 1.54) is 0 Å². The number of nitrogens with zero attached hydrogens (tertiary/aromatic N) is 4. The first-order valence-corrected chi connectivity index (χ1v) is 8.55. The fourth-order valence-electron chi connectivity index (χ4n) is 3.54. The third kappa shape index (κ3) is 2.56. The first-order chi connectivity index (χ1) is 11.6. The molecule has 1 amide bonds. The Kier molecular flexibility index (Phi) is 3.75. The minimum Gasteiger partial charge on any atom is -0.492 e. The van der Waals surface area contributed by atoms with Crippen LogP contribution in [0.15, 0.2) is 24.3 Å². The van der Waals surface area contributed by atoms with Crippen LogP contribution in [0.5, 0.6) is 5.75 Å². The van der Waals surface area contributed by atoms with Crippen LogP contribution in [0, 0.1) is 5.92 Å². The van der Waals surface area contributed by atoms with Gasteiger partial charge in [-0.15, -0.1) is 10.2 Å². The topological polar surface area (TPSA) is 60.2 Å². The second-order valence-electron chi connectivity index (χ2n) is 6.86. The van der Waals surface area contributed by atoms with Gasteiger partial charge in [0.1, 0.15) is 18.2 Å². The number of aromatic nitrogens is 3. The highest BCUT2D eigenvalue weighted by molar-refractivity contribution is 5.79. The van der Waals surface area contributed by atoms with Crippen LogP contribution in [0.1, 0.15) is 37.0 Å². The predicted molar refractivity (Wildman–Crippen MR) is 88.7 cm³/mol. The number of fused-ring (bicyclic) bond motifs is 2. The minimum absolute atomic E-state index is 0.112. The molecule has 0 saturated heterocycles. The smallest absolute Gasteiger partial charge is 0.229 e. The van der Waals surface area contributed by atoms with Gasteiger partial charge in [-0.2, -0.15) is 0 Å². The number of amides is 1. The van der Waals surface area contributed by atoms with Crippen LogP contribution in [0.25, 0.3) is 0 Å². The van der Waals surface area contributed by atoms with Crippen LogP contribution in [0.4, 0.5) is 0 Å². The van der Waals surface area contributed by atoms with Gasteiger partial charge in [-0.3, -0.25) is 4.79 Å². The lowest BCUT2D eigenvalue weighted by Crippen LogP contribution is -2.44. The Balaban J connectivity index is 1.48. The molecular weight excluding hydrogens is 304 g/mol. The van der Waals surface area contributed by atoms with Crippen molar-refractivity contribution in [1.29, 1.82) is 0 Å². The Bertz CT molecular complexity index is 768. The second kappa shape index (κ2) is 5.92. The van der Waals surface area contributed by atoms with Crippen molar-refractivity contribution < 1.29 is 9.53 Å². The molecule has 1 aromatic carbocycles. The molecule has 2 aliphatic heterocycles. The standard InChI is InChI=1S/C18H22N4O2/c1-12(2)17-20-19-16-10-21(7-8-22(16)17)18(23)14-9-13-5-3-4-6-15(13)24-11-14/h3-6,12,14H,7-11H2,1-2H3. The third-order valence-corrected chi connectivity index (χ3v) is 4.84. The van der Waals surface area contributed by atoms with Gasteiger partial charge in [0.25, 0.3) is 0 Å². The molecule has 6 heteroatoms. The largest absolute Gasteiger partial charge is 0.492 e. The Labute approximate surface area is 141 Å². The van der Waals surface area contributed by atoms with Gasteiger partial charge in [-0.25, -0.2) is 0 Å². The maximum absolute atomic E-state index is 12.9. The molecule has 2 aromatic rings. The molecular formula is C18H22N4O2. The van der Waals surface area contributed by atoms with E-state index >= 15 is 0 Å². The average Bonchev–Trinajstić information content (AvgIpc) is 3.04. The summed E-state index contributed by atoms with van der Waals surface area (Å²) in [5.41, 5.74) is 1.12. The number of para-hydroxylation sites is 1. The summed E-state index contributed by atoms with van der Waals surface area (Å²) in [7, 11) is 0. The summed E-state index contributed by atoms with van der Waals surface area (Å²) in [6, 6.07) is 7.96. The van der Waals surface area contributed by atoms with Crippen LogP contribution < -0.4 is 4.74 Å². The lowest BCUT2D eigenvalue weighted by Gasteiger charge is -2.33. The van der Waals surface area contributed by atoms with Gasteiger partial charge in [-0.1, -0.05) is 32.0 Å². The fraction of sp³-hybridized carbons (Fsp3) is 0.500. The molecule has 0 fully saturated rings. The lowest BCUT2D eigenvalue weighted by molar-refractivity contribution is -0.138. The number of carbonyl (C=O) groups excluding carboxylic acids is 1. The average molecular weight is 326 g/mol. The third-order valence-electron chi connectivity index (χ3n) is 4.84. The molecule has 4 rings (SSSR count). The Morgan fingerprint density at radius 3 is 2.92 bits per heavy atom. The normalized spacial score (nSPS) is 19.6. The van der Waals surface area contributed by atoms with Crippen molar-refractivity contribution in [3.05, 3.63) is 41.5 Å². The highest BCUT2D eigenvalue weighted by atomic mass is 16.5. The maximum Gasteiger partial charge on any atom is 0.229 e. The van der Waals surface area contributed by atoms with Crippen molar-refractivity contribution >= 4 is 5.91 Å². The minimum atomic E-state index is -0.112. The molecule has 3 heterocycles. The van der Waals surface area contributed by atoms with Crippen LogP contribution in [0.3, 0.4) is 0 Å². The van der Waals surface area contributed by atoms with Crippen molar-refractivity contribution in [3.63, 3.8) is 0 Å². The van der Waals surface area contributed by atoms with Gasteiger partial charge in [0.2, 0.25) is 5.91 Å². The highest BCUT2D eigenvalue weighted by Crippen LogP contribution is 2.28. The van der Waals surface area contributed by atoms with Crippen molar-refractivity contribution in [2.45, 2.75) is 39.3 Å².